The van der Waals surface area contributed by atoms with E-state index in [1.807, 2.05) is 0 Å². The van der Waals surface area contributed by atoms with Crippen LogP contribution in [0.3, 0.4) is 0 Å². The Morgan fingerprint density at radius 1 is 0.676 bits per heavy atom. The van der Waals surface area contributed by atoms with Crippen molar-refractivity contribution in [2.75, 3.05) is 0 Å². The van der Waals surface area contributed by atoms with E-state index in [2.05, 4.69) is 109 Å². The monoisotopic (exact) mass is 443 g/mol. The van der Waals surface area contributed by atoms with Crippen molar-refractivity contribution in [3.63, 3.8) is 0 Å². The lowest BCUT2D eigenvalue weighted by Gasteiger charge is -2.21. The lowest BCUT2D eigenvalue weighted by molar-refractivity contribution is 0.0288. The molecule has 0 unspecified atom stereocenters. The van der Waals surface area contributed by atoms with Crippen LogP contribution in [-0.4, -0.2) is 11.8 Å². The topological polar surface area (TPSA) is 21.6 Å². The highest BCUT2D eigenvalue weighted by Gasteiger charge is 2.36. The zero-order chi connectivity index (χ0) is 22.7. The minimum absolute atomic E-state index is 0.235. The van der Waals surface area contributed by atoms with E-state index in [9.17, 15) is 0 Å². The number of nitrogens with zero attached hydrogens (tertiary/aromatic N) is 1. The van der Waals surface area contributed by atoms with Crippen LogP contribution in [0.15, 0.2) is 114 Å². The molecule has 2 nitrogen and oxygen atoms in total. The van der Waals surface area contributed by atoms with E-state index in [0.717, 1.165) is 41.8 Å². The second-order valence-electron chi connectivity index (χ2n) is 9.37. The molecule has 1 fully saturated rings. The third kappa shape index (κ3) is 4.22. The third-order valence-corrected chi connectivity index (χ3v) is 7.26. The summed E-state index contributed by atoms with van der Waals surface area (Å²) in [5.41, 5.74) is 8.51. The van der Waals surface area contributed by atoms with Crippen LogP contribution in [0.2, 0.25) is 0 Å². The molecule has 0 bridgehead atoms. The number of aryl methyl sites for hydroxylation is 1. The molecule has 2 aliphatic rings. The van der Waals surface area contributed by atoms with E-state index >= 15 is 0 Å². The maximum Gasteiger partial charge on any atom is 0.0830 e. The molecule has 1 aliphatic carbocycles. The van der Waals surface area contributed by atoms with Gasteiger partial charge in [0, 0.05) is 17.0 Å². The van der Waals surface area contributed by atoms with Crippen LogP contribution in [0, 0.1) is 0 Å². The highest BCUT2D eigenvalue weighted by Crippen LogP contribution is 2.45. The quantitative estimate of drug-likeness (QED) is 0.288. The predicted octanol–water partition coefficient (Wildman–Crippen LogP) is 7.81. The number of hydrogen-bond donors (Lipinski definition) is 0. The van der Waals surface area contributed by atoms with Gasteiger partial charge in [0.15, 0.2) is 0 Å². The molecule has 0 spiro atoms. The smallest absolute Gasteiger partial charge is 0.0830 e. The van der Waals surface area contributed by atoms with E-state index in [4.69, 9.17) is 9.73 Å². The van der Waals surface area contributed by atoms with Gasteiger partial charge in [0.2, 0.25) is 0 Å². The number of hydrogen-bond acceptors (Lipinski definition) is 2. The van der Waals surface area contributed by atoms with Crippen LogP contribution in [0.5, 0.6) is 0 Å². The lowest BCUT2D eigenvalue weighted by atomic mass is 9.93. The summed E-state index contributed by atoms with van der Waals surface area (Å²) in [4.78, 5) is 5.14. The molecular weight excluding hydrogens is 414 g/mol. The minimum Gasteiger partial charge on any atom is -0.370 e. The summed E-state index contributed by atoms with van der Waals surface area (Å²) in [7, 11) is 0. The Bertz CT molecular complexity index is 1240. The molecule has 1 aliphatic heterocycles. The van der Waals surface area contributed by atoms with Gasteiger partial charge in [-0.25, -0.2) is 4.99 Å². The molecule has 6 rings (SSSR count). The van der Waals surface area contributed by atoms with E-state index < -0.39 is 0 Å². The molecule has 4 aromatic rings. The Morgan fingerprint density at radius 2 is 1.32 bits per heavy atom. The standard InChI is InChI=1S/C32H29NO/c1-4-10-23(11-5-1)30-20-21-31(34-30)29-18-16-26-22-27(17-19-28(26)29)33-32(24-12-6-2-7-13-24)25-14-8-3-9-15-25/h1-15,17,19,22,29-31H,16,18,20-21H2/t29-,30+,31+/m0/s1. The lowest BCUT2D eigenvalue weighted by Crippen LogP contribution is -2.16. The first-order valence-electron chi connectivity index (χ1n) is 12.4. The second-order valence-corrected chi connectivity index (χ2v) is 9.37. The summed E-state index contributed by atoms with van der Waals surface area (Å²) in [5.74, 6) is 0.490. The Labute approximate surface area is 202 Å². The Kier molecular flexibility index (Phi) is 5.83. The van der Waals surface area contributed by atoms with Crippen LogP contribution in [0.4, 0.5) is 5.69 Å². The van der Waals surface area contributed by atoms with E-state index in [-0.39, 0.29) is 6.10 Å². The van der Waals surface area contributed by atoms with Gasteiger partial charge < -0.3 is 4.74 Å². The van der Waals surface area contributed by atoms with Crippen molar-refractivity contribution in [3.05, 3.63) is 137 Å². The average Bonchev–Trinajstić information content (AvgIpc) is 3.56. The molecule has 2 heteroatoms. The van der Waals surface area contributed by atoms with E-state index in [1.165, 1.54) is 23.1 Å². The predicted molar refractivity (Wildman–Crippen MR) is 139 cm³/mol. The molecule has 168 valence electrons. The average molecular weight is 444 g/mol. The summed E-state index contributed by atoms with van der Waals surface area (Å²) in [6, 6.07) is 38.4. The number of benzene rings is 4. The summed E-state index contributed by atoms with van der Waals surface area (Å²) >= 11 is 0. The van der Waals surface area contributed by atoms with Crippen LogP contribution in [0.1, 0.15) is 59.1 Å². The first kappa shape index (κ1) is 21.1. The van der Waals surface area contributed by atoms with Gasteiger partial charge in [0.05, 0.1) is 23.6 Å². The van der Waals surface area contributed by atoms with E-state index in [1.54, 1.807) is 0 Å². The van der Waals surface area contributed by atoms with Gasteiger partial charge in [-0.3, -0.25) is 0 Å². The SMILES string of the molecule is c1ccc(C(=Nc2ccc3c(c2)CC[C@@H]3[C@H]2CC[C@H](c3ccccc3)O2)c2ccccc2)cc1. The fourth-order valence-electron chi connectivity index (χ4n) is 5.58. The summed E-state index contributed by atoms with van der Waals surface area (Å²) in [6.07, 6.45) is 5.06. The number of ether oxygens (including phenoxy) is 1. The molecule has 0 amide bonds. The van der Waals surface area contributed by atoms with Crippen molar-refractivity contribution in [1.82, 2.24) is 0 Å². The summed E-state index contributed by atoms with van der Waals surface area (Å²) < 4.78 is 6.57. The summed E-state index contributed by atoms with van der Waals surface area (Å²) in [6.45, 7) is 0. The van der Waals surface area contributed by atoms with Crippen molar-refractivity contribution in [2.45, 2.75) is 43.8 Å². The fourth-order valence-corrected chi connectivity index (χ4v) is 5.58. The van der Waals surface area contributed by atoms with Crippen molar-refractivity contribution in [3.8, 4) is 0 Å². The van der Waals surface area contributed by atoms with Crippen LogP contribution < -0.4 is 0 Å². The highest BCUT2D eigenvalue weighted by atomic mass is 16.5. The largest absolute Gasteiger partial charge is 0.370 e. The Balaban J connectivity index is 1.27. The van der Waals surface area contributed by atoms with Crippen LogP contribution >= 0.6 is 0 Å². The van der Waals surface area contributed by atoms with Crippen LogP contribution in [0.25, 0.3) is 0 Å². The molecule has 3 atom stereocenters. The number of fused-ring (bicyclic) bond motifs is 1. The van der Waals surface area contributed by atoms with Crippen LogP contribution in [-0.2, 0) is 11.2 Å². The molecular formula is C32H29NO. The highest BCUT2D eigenvalue weighted by molar-refractivity contribution is 6.13. The molecule has 0 N–H and O–H groups in total. The van der Waals surface area contributed by atoms with Crippen molar-refractivity contribution >= 4 is 11.4 Å². The summed E-state index contributed by atoms with van der Waals surface area (Å²) in [5, 5.41) is 0. The zero-order valence-corrected chi connectivity index (χ0v) is 19.3. The van der Waals surface area contributed by atoms with Crippen molar-refractivity contribution < 1.29 is 4.74 Å². The molecule has 0 aromatic heterocycles. The number of rotatable bonds is 5. The Morgan fingerprint density at radius 3 is 2.00 bits per heavy atom. The van der Waals surface area contributed by atoms with Gasteiger partial charge in [-0.15, -0.1) is 0 Å². The Hall–Kier alpha value is -3.49. The first-order valence-corrected chi connectivity index (χ1v) is 12.4. The van der Waals surface area contributed by atoms with Crippen molar-refractivity contribution in [2.24, 2.45) is 4.99 Å². The van der Waals surface area contributed by atoms with Gasteiger partial charge in [-0.05, 0) is 54.5 Å². The maximum absolute atomic E-state index is 6.57. The number of aliphatic imine (C=N–C) groups is 1. The molecule has 4 aromatic carbocycles. The fraction of sp³-hybridized carbons (Fsp3) is 0.219. The van der Waals surface area contributed by atoms with Gasteiger partial charge in [-0.1, -0.05) is 97.1 Å². The van der Waals surface area contributed by atoms with Gasteiger partial charge in [-0.2, -0.15) is 0 Å². The minimum atomic E-state index is 0.235. The maximum atomic E-state index is 6.57. The normalized spacial score (nSPS) is 21.2. The molecule has 34 heavy (non-hydrogen) atoms. The molecule has 1 heterocycles. The van der Waals surface area contributed by atoms with Gasteiger partial charge in [0.1, 0.15) is 0 Å². The van der Waals surface area contributed by atoms with E-state index in [0.29, 0.717) is 12.0 Å². The van der Waals surface area contributed by atoms with Crippen molar-refractivity contribution in [1.29, 1.82) is 0 Å². The third-order valence-electron chi connectivity index (χ3n) is 7.26. The second kappa shape index (κ2) is 9.40. The van der Waals surface area contributed by atoms with Gasteiger partial charge >= 0.3 is 0 Å². The molecule has 0 radical (unpaired) electrons. The van der Waals surface area contributed by atoms with Gasteiger partial charge in [0.25, 0.3) is 0 Å². The molecule has 0 saturated carbocycles. The zero-order valence-electron chi connectivity index (χ0n) is 19.3. The molecule has 1 saturated heterocycles. The first-order chi connectivity index (χ1) is 16.8.